The van der Waals surface area contributed by atoms with Crippen LogP contribution in [0.25, 0.3) is 10.9 Å². The molecule has 3 heterocycles. The Morgan fingerprint density at radius 2 is 2.00 bits per heavy atom. The van der Waals surface area contributed by atoms with Gasteiger partial charge in [-0.25, -0.2) is 0 Å². The van der Waals surface area contributed by atoms with E-state index in [1.54, 1.807) is 36.1 Å². The van der Waals surface area contributed by atoms with Crippen LogP contribution >= 0.6 is 0 Å². The predicted octanol–water partition coefficient (Wildman–Crippen LogP) is 3.75. The number of nitrogens with one attached hydrogen (secondary N) is 1. The normalized spacial score (nSPS) is 12.9. The number of halogens is 3. The van der Waals surface area contributed by atoms with E-state index < -0.39 is 12.8 Å². The summed E-state index contributed by atoms with van der Waals surface area (Å²) < 4.78 is 43.7. The Hall–Kier alpha value is -3.17. The van der Waals surface area contributed by atoms with Gasteiger partial charge in [-0.3, -0.25) is 19.4 Å². The van der Waals surface area contributed by atoms with E-state index in [1.165, 1.54) is 6.20 Å². The molecule has 3 rings (SSSR count). The molecule has 0 spiro atoms. The molecule has 0 saturated carbocycles. The molecule has 3 aromatic heterocycles. The third-order valence-electron chi connectivity index (χ3n) is 4.61. The minimum Gasteiger partial charge on any atom is -0.482 e. The van der Waals surface area contributed by atoms with E-state index in [1.807, 2.05) is 20.8 Å². The molecule has 0 aliphatic carbocycles. The first kappa shape index (κ1) is 22.5. The van der Waals surface area contributed by atoms with Crippen LogP contribution in [0.2, 0.25) is 0 Å². The highest BCUT2D eigenvalue weighted by atomic mass is 19.4. The Labute approximate surface area is 177 Å². The van der Waals surface area contributed by atoms with Crippen molar-refractivity contribution in [1.29, 1.82) is 0 Å². The molecule has 0 aliphatic rings. The molecular weight excluding hydrogens is 411 g/mol. The van der Waals surface area contributed by atoms with Crippen molar-refractivity contribution in [2.75, 3.05) is 6.61 Å². The maximum Gasteiger partial charge on any atom is 0.422 e. The van der Waals surface area contributed by atoms with Crippen LogP contribution in [0.5, 0.6) is 5.75 Å². The third kappa shape index (κ3) is 5.71. The molecule has 31 heavy (non-hydrogen) atoms. The van der Waals surface area contributed by atoms with Gasteiger partial charge in [0, 0.05) is 23.8 Å². The lowest BCUT2D eigenvalue weighted by Crippen LogP contribution is -2.31. The molecule has 0 fully saturated rings. The van der Waals surface area contributed by atoms with Crippen molar-refractivity contribution < 1.29 is 22.7 Å². The summed E-state index contributed by atoms with van der Waals surface area (Å²) in [5.74, 6) is -0.0379. The Bertz CT molecular complexity index is 1080. The van der Waals surface area contributed by atoms with Gasteiger partial charge in [0.2, 0.25) is 5.91 Å². The molecular formula is C21H24F3N5O2. The zero-order chi connectivity index (χ0) is 22.8. The highest BCUT2D eigenvalue weighted by molar-refractivity contribution is 5.86. The largest absolute Gasteiger partial charge is 0.482 e. The summed E-state index contributed by atoms with van der Waals surface area (Å²) in [5, 5.41) is 8.17. The molecule has 0 radical (unpaired) electrons. The average Bonchev–Trinajstić information content (AvgIpc) is 3.10. The summed E-state index contributed by atoms with van der Waals surface area (Å²) in [6.45, 7) is 5.95. The van der Waals surface area contributed by atoms with E-state index in [0.717, 1.165) is 5.39 Å². The van der Waals surface area contributed by atoms with Crippen LogP contribution in [-0.2, 0) is 11.2 Å². The molecule has 166 valence electrons. The van der Waals surface area contributed by atoms with Crippen LogP contribution in [0.15, 0.2) is 30.7 Å². The number of rotatable bonds is 7. The predicted molar refractivity (Wildman–Crippen MR) is 109 cm³/mol. The smallest absolute Gasteiger partial charge is 0.422 e. The van der Waals surface area contributed by atoms with Crippen LogP contribution in [0.1, 0.15) is 43.8 Å². The van der Waals surface area contributed by atoms with Gasteiger partial charge in [-0.1, -0.05) is 0 Å². The van der Waals surface area contributed by atoms with Crippen molar-refractivity contribution in [2.24, 2.45) is 0 Å². The lowest BCUT2D eigenvalue weighted by molar-refractivity contribution is -0.153. The first-order valence-electron chi connectivity index (χ1n) is 9.81. The molecule has 0 aliphatic heterocycles. The zero-order valence-corrected chi connectivity index (χ0v) is 17.7. The molecule has 1 atom stereocenters. The van der Waals surface area contributed by atoms with Crippen molar-refractivity contribution >= 4 is 16.8 Å². The second kappa shape index (κ2) is 8.91. The minimum absolute atomic E-state index is 0.0341. The number of nitrogens with zero attached hydrogens (tertiary/aromatic N) is 4. The molecule has 0 bridgehead atoms. The van der Waals surface area contributed by atoms with Gasteiger partial charge in [-0.2, -0.15) is 18.3 Å². The van der Waals surface area contributed by atoms with Gasteiger partial charge in [0.25, 0.3) is 0 Å². The number of amides is 1. The van der Waals surface area contributed by atoms with Crippen molar-refractivity contribution in [3.8, 4) is 5.75 Å². The van der Waals surface area contributed by atoms with E-state index in [-0.39, 0.29) is 30.2 Å². The van der Waals surface area contributed by atoms with Gasteiger partial charge < -0.3 is 10.1 Å². The average molecular weight is 435 g/mol. The topological polar surface area (TPSA) is 81.9 Å². The van der Waals surface area contributed by atoms with Gasteiger partial charge in [0.15, 0.2) is 6.61 Å². The summed E-state index contributed by atoms with van der Waals surface area (Å²) in [6, 6.07) is 3.18. The summed E-state index contributed by atoms with van der Waals surface area (Å²) in [4.78, 5) is 20.7. The maximum atomic E-state index is 12.4. The highest BCUT2D eigenvalue weighted by Crippen LogP contribution is 2.26. The molecule has 10 heteroatoms. The number of ether oxygens (including phenoxy) is 1. The fourth-order valence-electron chi connectivity index (χ4n) is 3.12. The van der Waals surface area contributed by atoms with Gasteiger partial charge in [0.1, 0.15) is 5.75 Å². The number of carbonyl (C=O) groups is 1. The van der Waals surface area contributed by atoms with Crippen LogP contribution < -0.4 is 10.1 Å². The molecule has 7 nitrogen and oxygen atoms in total. The van der Waals surface area contributed by atoms with Gasteiger partial charge in [-0.15, -0.1) is 0 Å². The second-order valence-electron chi connectivity index (χ2n) is 7.65. The molecule has 1 amide bonds. The lowest BCUT2D eigenvalue weighted by atomic mass is 10.1. The van der Waals surface area contributed by atoms with E-state index in [0.29, 0.717) is 22.5 Å². The molecule has 1 N–H and O–H groups in total. The number of hydrogen-bond acceptors (Lipinski definition) is 5. The van der Waals surface area contributed by atoms with Crippen molar-refractivity contribution in [2.45, 2.75) is 52.4 Å². The quantitative estimate of drug-likeness (QED) is 0.611. The highest BCUT2D eigenvalue weighted by Gasteiger charge is 2.29. The number of hydrogen-bond donors (Lipinski definition) is 1. The van der Waals surface area contributed by atoms with Gasteiger partial charge in [0.05, 0.1) is 35.6 Å². The van der Waals surface area contributed by atoms with E-state index in [2.05, 4.69) is 20.4 Å². The van der Waals surface area contributed by atoms with Crippen molar-refractivity contribution in [3.05, 3.63) is 47.7 Å². The second-order valence-corrected chi connectivity index (χ2v) is 7.65. The Morgan fingerprint density at radius 1 is 1.26 bits per heavy atom. The molecule has 0 aromatic carbocycles. The third-order valence-corrected chi connectivity index (χ3v) is 4.61. The Morgan fingerprint density at radius 3 is 2.65 bits per heavy atom. The number of fused-ring (bicyclic) bond motifs is 1. The van der Waals surface area contributed by atoms with E-state index in [9.17, 15) is 18.0 Å². The van der Waals surface area contributed by atoms with Gasteiger partial charge in [-0.05, 0) is 45.4 Å². The number of carbonyl (C=O) groups excluding carboxylic acids is 1. The fourth-order valence-corrected chi connectivity index (χ4v) is 3.12. The standard InChI is InChI=1S/C21H24F3N5O2/c1-12(2)27-20(30)8-18-15-10-29(28-16(15)5-6-25-18)14(4)17-7-13(3)19(9-26-17)31-11-21(22,23)24/h5-7,9-10,12,14H,8,11H2,1-4H3,(H,27,30). The number of pyridine rings is 2. The molecule has 1 unspecified atom stereocenters. The maximum absolute atomic E-state index is 12.4. The molecule has 0 saturated heterocycles. The molecule has 3 aromatic rings. The lowest BCUT2D eigenvalue weighted by Gasteiger charge is -2.15. The van der Waals surface area contributed by atoms with E-state index >= 15 is 0 Å². The van der Waals surface area contributed by atoms with Crippen LogP contribution in [0, 0.1) is 6.92 Å². The Kier molecular flexibility index (Phi) is 6.47. The first-order valence-corrected chi connectivity index (χ1v) is 9.81. The Balaban J connectivity index is 1.82. The fraction of sp³-hybridized carbons (Fsp3) is 0.429. The van der Waals surface area contributed by atoms with E-state index in [4.69, 9.17) is 4.74 Å². The van der Waals surface area contributed by atoms with Crippen LogP contribution in [0.3, 0.4) is 0 Å². The first-order chi connectivity index (χ1) is 14.5. The summed E-state index contributed by atoms with van der Waals surface area (Å²) >= 11 is 0. The zero-order valence-electron chi connectivity index (χ0n) is 17.7. The van der Waals surface area contributed by atoms with Gasteiger partial charge >= 0.3 is 6.18 Å². The number of alkyl halides is 3. The van der Waals surface area contributed by atoms with Crippen molar-refractivity contribution in [3.63, 3.8) is 0 Å². The number of aromatic nitrogens is 4. The van der Waals surface area contributed by atoms with Crippen molar-refractivity contribution in [1.82, 2.24) is 25.1 Å². The monoisotopic (exact) mass is 435 g/mol. The number of aryl methyl sites for hydroxylation is 1. The SMILES string of the molecule is Cc1cc(C(C)n2cc3c(CC(=O)NC(C)C)nccc3n2)ncc1OCC(F)(F)F. The summed E-state index contributed by atoms with van der Waals surface area (Å²) in [5.41, 5.74) is 2.48. The van der Waals surface area contributed by atoms with Crippen LogP contribution in [-0.4, -0.2) is 44.5 Å². The minimum atomic E-state index is -4.41. The summed E-state index contributed by atoms with van der Waals surface area (Å²) in [7, 11) is 0. The van der Waals surface area contributed by atoms with Crippen LogP contribution in [0.4, 0.5) is 13.2 Å². The summed E-state index contributed by atoms with van der Waals surface area (Å²) in [6.07, 6.45) is 0.427.